The summed E-state index contributed by atoms with van der Waals surface area (Å²) >= 11 is 0. The zero-order chi connectivity index (χ0) is 7.68. The fourth-order valence-electron chi connectivity index (χ4n) is 1.11. The maximum atomic E-state index is 9.33. The minimum Gasteiger partial charge on any atom is -0.508 e. The zero-order valence-electron chi connectivity index (χ0n) is 6.16. The maximum Gasteiger partial charge on any atom is 0.118 e. The lowest BCUT2D eigenvalue weighted by atomic mass is 10.1. The number of benzene rings is 1. The molecule has 1 aromatic carbocycles. The molecule has 0 aromatic heterocycles. The zero-order valence-corrected chi connectivity index (χ0v) is 6.16. The van der Waals surface area contributed by atoms with E-state index in [4.69, 9.17) is 4.74 Å². The van der Waals surface area contributed by atoms with E-state index in [0.29, 0.717) is 11.9 Å². The van der Waals surface area contributed by atoms with Crippen LogP contribution in [-0.4, -0.2) is 17.8 Å². The summed E-state index contributed by atoms with van der Waals surface area (Å²) < 4.78 is 5.06. The van der Waals surface area contributed by atoms with E-state index < -0.39 is 0 Å². The standard InChI is InChI=1S/C9H10O2/c10-9-4-2-1-3-7(9)5-8-6-11-8/h1-4,8,10H,5-6H2/t8-/m1/s1. The molecule has 1 saturated heterocycles. The molecular weight excluding hydrogens is 140 g/mol. The molecule has 1 aliphatic heterocycles. The van der Waals surface area contributed by atoms with Crippen LogP contribution in [0.25, 0.3) is 0 Å². The lowest BCUT2D eigenvalue weighted by molar-refractivity contribution is 0.402. The minimum absolute atomic E-state index is 0.350. The Morgan fingerprint density at radius 2 is 2.18 bits per heavy atom. The predicted octanol–water partition coefficient (Wildman–Crippen LogP) is 1.33. The van der Waals surface area contributed by atoms with E-state index in [1.54, 1.807) is 6.07 Å². The van der Waals surface area contributed by atoms with Crippen LogP contribution in [-0.2, 0) is 11.2 Å². The number of phenols is 1. The molecule has 1 aromatic rings. The molecule has 1 heterocycles. The molecule has 1 atom stereocenters. The van der Waals surface area contributed by atoms with Gasteiger partial charge in [0.25, 0.3) is 0 Å². The molecule has 0 spiro atoms. The number of ether oxygens (including phenoxy) is 1. The van der Waals surface area contributed by atoms with Crippen molar-refractivity contribution >= 4 is 0 Å². The number of phenolic OH excluding ortho intramolecular Hbond substituents is 1. The van der Waals surface area contributed by atoms with Crippen molar-refractivity contribution in [2.75, 3.05) is 6.61 Å². The van der Waals surface area contributed by atoms with E-state index >= 15 is 0 Å². The van der Waals surface area contributed by atoms with Crippen LogP contribution in [0.2, 0.25) is 0 Å². The van der Waals surface area contributed by atoms with E-state index in [1.165, 1.54) is 0 Å². The number of hydrogen-bond acceptors (Lipinski definition) is 2. The van der Waals surface area contributed by atoms with Crippen LogP contribution in [0.4, 0.5) is 0 Å². The van der Waals surface area contributed by atoms with Crippen LogP contribution in [0.1, 0.15) is 5.56 Å². The normalized spacial score (nSPS) is 21.6. The Morgan fingerprint density at radius 3 is 2.82 bits per heavy atom. The van der Waals surface area contributed by atoms with Gasteiger partial charge in [-0.2, -0.15) is 0 Å². The van der Waals surface area contributed by atoms with Gasteiger partial charge in [0, 0.05) is 6.42 Å². The molecule has 0 amide bonds. The quantitative estimate of drug-likeness (QED) is 0.645. The van der Waals surface area contributed by atoms with Gasteiger partial charge in [-0.15, -0.1) is 0 Å². The van der Waals surface area contributed by atoms with Gasteiger partial charge >= 0.3 is 0 Å². The Hall–Kier alpha value is -1.02. The van der Waals surface area contributed by atoms with Gasteiger partial charge in [-0.3, -0.25) is 0 Å². The molecule has 58 valence electrons. The molecular formula is C9H10O2. The summed E-state index contributed by atoms with van der Waals surface area (Å²) in [6.07, 6.45) is 1.19. The summed E-state index contributed by atoms with van der Waals surface area (Å²) in [7, 11) is 0. The van der Waals surface area contributed by atoms with Gasteiger partial charge < -0.3 is 9.84 Å². The molecule has 0 aliphatic carbocycles. The minimum atomic E-state index is 0.350. The molecule has 0 saturated carbocycles. The second kappa shape index (κ2) is 2.55. The molecule has 2 heteroatoms. The van der Waals surface area contributed by atoms with Crippen LogP contribution in [0.3, 0.4) is 0 Å². The van der Waals surface area contributed by atoms with Crippen LogP contribution in [0, 0.1) is 0 Å². The SMILES string of the molecule is Oc1ccccc1C[C@@H]1CO1. The van der Waals surface area contributed by atoms with E-state index in [2.05, 4.69) is 0 Å². The van der Waals surface area contributed by atoms with Crippen LogP contribution >= 0.6 is 0 Å². The highest BCUT2D eigenvalue weighted by Gasteiger charge is 2.23. The van der Waals surface area contributed by atoms with Crippen LogP contribution in [0.15, 0.2) is 24.3 Å². The van der Waals surface area contributed by atoms with Crippen molar-refractivity contribution in [2.45, 2.75) is 12.5 Å². The summed E-state index contributed by atoms with van der Waals surface area (Å²) in [6, 6.07) is 7.39. The van der Waals surface area contributed by atoms with Gasteiger partial charge in [-0.1, -0.05) is 18.2 Å². The molecule has 0 bridgehead atoms. The Kier molecular flexibility index (Phi) is 1.55. The third-order valence-electron chi connectivity index (χ3n) is 1.84. The average Bonchev–Trinajstić information content (AvgIpc) is 2.78. The van der Waals surface area contributed by atoms with Gasteiger partial charge in [0.2, 0.25) is 0 Å². The van der Waals surface area contributed by atoms with E-state index in [-0.39, 0.29) is 0 Å². The van der Waals surface area contributed by atoms with Gasteiger partial charge in [-0.25, -0.2) is 0 Å². The summed E-state index contributed by atoms with van der Waals surface area (Å²) in [5.41, 5.74) is 0.981. The maximum absolute atomic E-state index is 9.33. The van der Waals surface area contributed by atoms with Gasteiger partial charge in [-0.05, 0) is 11.6 Å². The number of rotatable bonds is 2. The summed E-state index contributed by atoms with van der Waals surface area (Å²) in [4.78, 5) is 0. The first-order chi connectivity index (χ1) is 5.36. The summed E-state index contributed by atoms with van der Waals surface area (Å²) in [5, 5.41) is 9.33. The number of para-hydroxylation sites is 1. The average molecular weight is 150 g/mol. The highest BCUT2D eigenvalue weighted by molar-refractivity contribution is 5.32. The van der Waals surface area contributed by atoms with E-state index in [9.17, 15) is 5.11 Å². The molecule has 1 fully saturated rings. The van der Waals surface area contributed by atoms with Gasteiger partial charge in [0.05, 0.1) is 12.7 Å². The van der Waals surface area contributed by atoms with Crippen molar-refractivity contribution in [1.29, 1.82) is 0 Å². The van der Waals surface area contributed by atoms with Crippen molar-refractivity contribution in [3.63, 3.8) is 0 Å². The first-order valence-electron chi connectivity index (χ1n) is 3.75. The van der Waals surface area contributed by atoms with Crippen molar-refractivity contribution in [1.82, 2.24) is 0 Å². The summed E-state index contributed by atoms with van der Waals surface area (Å²) in [5.74, 6) is 0.378. The van der Waals surface area contributed by atoms with Crippen LogP contribution in [0.5, 0.6) is 5.75 Å². The molecule has 1 aliphatic rings. The molecule has 0 radical (unpaired) electrons. The highest BCUT2D eigenvalue weighted by atomic mass is 16.6. The lowest BCUT2D eigenvalue weighted by Crippen LogP contribution is -1.92. The fourth-order valence-corrected chi connectivity index (χ4v) is 1.11. The Labute approximate surface area is 65.4 Å². The Morgan fingerprint density at radius 1 is 1.45 bits per heavy atom. The third kappa shape index (κ3) is 1.52. The van der Waals surface area contributed by atoms with Crippen molar-refractivity contribution in [3.8, 4) is 5.75 Å². The highest BCUT2D eigenvalue weighted by Crippen LogP contribution is 2.22. The number of epoxide rings is 1. The smallest absolute Gasteiger partial charge is 0.118 e. The molecule has 2 rings (SSSR count). The molecule has 11 heavy (non-hydrogen) atoms. The van der Waals surface area contributed by atoms with E-state index in [0.717, 1.165) is 18.6 Å². The topological polar surface area (TPSA) is 32.8 Å². The molecule has 1 N–H and O–H groups in total. The number of aromatic hydroxyl groups is 1. The van der Waals surface area contributed by atoms with Gasteiger partial charge in [0.15, 0.2) is 0 Å². The first kappa shape index (κ1) is 6.68. The van der Waals surface area contributed by atoms with Crippen molar-refractivity contribution < 1.29 is 9.84 Å². The van der Waals surface area contributed by atoms with E-state index in [1.807, 2.05) is 18.2 Å². The molecule has 0 unspecified atom stereocenters. The Balaban J connectivity index is 2.15. The van der Waals surface area contributed by atoms with Crippen LogP contribution < -0.4 is 0 Å². The second-order valence-electron chi connectivity index (χ2n) is 2.79. The van der Waals surface area contributed by atoms with Crippen molar-refractivity contribution in [3.05, 3.63) is 29.8 Å². The Bertz CT molecular complexity index is 253. The third-order valence-corrected chi connectivity index (χ3v) is 1.84. The largest absolute Gasteiger partial charge is 0.508 e. The second-order valence-corrected chi connectivity index (χ2v) is 2.79. The number of hydrogen-bond donors (Lipinski definition) is 1. The fraction of sp³-hybridized carbons (Fsp3) is 0.333. The monoisotopic (exact) mass is 150 g/mol. The first-order valence-corrected chi connectivity index (χ1v) is 3.75. The molecule has 2 nitrogen and oxygen atoms in total. The lowest BCUT2D eigenvalue weighted by Gasteiger charge is -1.99. The van der Waals surface area contributed by atoms with Crippen molar-refractivity contribution in [2.24, 2.45) is 0 Å². The summed E-state index contributed by atoms with van der Waals surface area (Å²) in [6.45, 7) is 0.842. The predicted molar refractivity (Wildman–Crippen MR) is 41.6 cm³/mol. The van der Waals surface area contributed by atoms with Gasteiger partial charge in [0.1, 0.15) is 5.75 Å².